The van der Waals surface area contributed by atoms with Gasteiger partial charge in [-0.3, -0.25) is 0 Å². The Morgan fingerprint density at radius 3 is 2.19 bits per heavy atom. The molecule has 0 heterocycles. The molecule has 0 radical (unpaired) electrons. The van der Waals surface area contributed by atoms with Gasteiger partial charge in [-0.05, 0) is 42.0 Å². The maximum atomic E-state index is 11.8. The number of carboxylic acids is 1. The van der Waals surface area contributed by atoms with E-state index in [2.05, 4.69) is 0 Å². The monoisotopic (exact) mass is 356 g/mol. The molecule has 0 saturated carbocycles. The van der Waals surface area contributed by atoms with Gasteiger partial charge in [0.1, 0.15) is 0 Å². The van der Waals surface area contributed by atoms with Crippen molar-refractivity contribution in [1.29, 1.82) is 0 Å². The summed E-state index contributed by atoms with van der Waals surface area (Å²) in [4.78, 5) is 11.8. The van der Waals surface area contributed by atoms with Crippen molar-refractivity contribution in [3.05, 3.63) is 35.9 Å². The summed E-state index contributed by atoms with van der Waals surface area (Å²) < 4.78 is 22.0. The Balaban J connectivity index is 2.55. The van der Waals surface area contributed by atoms with E-state index in [4.69, 9.17) is 18.9 Å². The van der Waals surface area contributed by atoms with Crippen molar-refractivity contribution in [2.24, 2.45) is 0 Å². The molecule has 0 aliphatic carbocycles. The molecule has 26 heavy (non-hydrogen) atoms. The molecule has 0 fully saturated rings. The Morgan fingerprint density at radius 2 is 1.62 bits per heavy atom. The molecule has 0 amide bonds. The van der Waals surface area contributed by atoms with E-state index in [-0.39, 0.29) is 5.56 Å². The largest absolute Gasteiger partial charge is 0.493 e. The van der Waals surface area contributed by atoms with E-state index in [1.54, 1.807) is 38.5 Å². The molecule has 3 aromatic carbocycles. The SMILES string of the molecule is CCOc1cc2c(cc1OC)c(C(=O)O)cc1ccc(OC)c(OC)c12. The summed E-state index contributed by atoms with van der Waals surface area (Å²) in [6.07, 6.45) is 0. The molecule has 0 aliphatic rings. The lowest BCUT2D eigenvalue weighted by atomic mass is 9.95. The summed E-state index contributed by atoms with van der Waals surface area (Å²) in [7, 11) is 4.64. The van der Waals surface area contributed by atoms with Gasteiger partial charge in [0.2, 0.25) is 0 Å². The highest BCUT2D eigenvalue weighted by atomic mass is 16.5. The van der Waals surface area contributed by atoms with Crippen LogP contribution in [0.1, 0.15) is 17.3 Å². The van der Waals surface area contributed by atoms with E-state index in [9.17, 15) is 9.90 Å². The lowest BCUT2D eigenvalue weighted by Crippen LogP contribution is -2.01. The Hall–Kier alpha value is -3.15. The van der Waals surface area contributed by atoms with Crippen LogP contribution in [-0.2, 0) is 0 Å². The maximum absolute atomic E-state index is 11.8. The van der Waals surface area contributed by atoms with Crippen molar-refractivity contribution in [1.82, 2.24) is 0 Å². The molecule has 0 unspecified atom stereocenters. The Labute approximate surface area is 150 Å². The first-order chi connectivity index (χ1) is 12.5. The van der Waals surface area contributed by atoms with E-state index in [0.717, 1.165) is 10.8 Å². The second kappa shape index (κ2) is 7.00. The van der Waals surface area contributed by atoms with E-state index in [1.165, 1.54) is 7.11 Å². The van der Waals surface area contributed by atoms with Crippen LogP contribution in [0.25, 0.3) is 21.5 Å². The van der Waals surface area contributed by atoms with Gasteiger partial charge in [0.05, 0.1) is 33.5 Å². The lowest BCUT2D eigenvalue weighted by molar-refractivity contribution is 0.0699. The molecular formula is C20H20O6. The van der Waals surface area contributed by atoms with Crippen molar-refractivity contribution < 1.29 is 28.8 Å². The molecule has 6 heteroatoms. The molecule has 1 N–H and O–H groups in total. The van der Waals surface area contributed by atoms with E-state index < -0.39 is 5.97 Å². The van der Waals surface area contributed by atoms with Crippen LogP contribution in [-0.4, -0.2) is 39.0 Å². The number of aromatic carboxylic acids is 1. The van der Waals surface area contributed by atoms with Gasteiger partial charge in [-0.25, -0.2) is 4.79 Å². The van der Waals surface area contributed by atoms with Crippen molar-refractivity contribution in [2.45, 2.75) is 6.92 Å². The third kappa shape index (κ3) is 2.73. The highest BCUT2D eigenvalue weighted by Gasteiger charge is 2.20. The first-order valence-corrected chi connectivity index (χ1v) is 8.11. The molecule has 0 saturated heterocycles. The molecule has 3 rings (SSSR count). The minimum Gasteiger partial charge on any atom is -0.493 e. The average Bonchev–Trinajstić information content (AvgIpc) is 2.65. The third-order valence-electron chi connectivity index (χ3n) is 4.27. The second-order valence-corrected chi connectivity index (χ2v) is 5.61. The first kappa shape index (κ1) is 17.7. The zero-order chi connectivity index (χ0) is 18.8. The fourth-order valence-electron chi connectivity index (χ4n) is 3.17. The number of carbonyl (C=O) groups is 1. The van der Waals surface area contributed by atoms with Gasteiger partial charge >= 0.3 is 5.97 Å². The minimum atomic E-state index is -1.02. The summed E-state index contributed by atoms with van der Waals surface area (Å²) in [6.45, 7) is 2.33. The van der Waals surface area contributed by atoms with Crippen LogP contribution in [0.3, 0.4) is 0 Å². The molecule has 0 bridgehead atoms. The van der Waals surface area contributed by atoms with Crippen molar-refractivity contribution in [3.63, 3.8) is 0 Å². The fraction of sp³-hybridized carbons (Fsp3) is 0.250. The standard InChI is InChI=1S/C20H20O6/c1-5-26-17-10-13-12(9-16(17)24-3)14(20(21)22)8-11-6-7-15(23-2)19(25-4)18(11)13/h6-10H,5H2,1-4H3,(H,21,22). The normalized spacial score (nSPS) is 10.8. The molecule has 0 aromatic heterocycles. The predicted molar refractivity (Wildman–Crippen MR) is 99.2 cm³/mol. The van der Waals surface area contributed by atoms with Crippen LogP contribution in [0, 0.1) is 0 Å². The van der Waals surface area contributed by atoms with Crippen molar-refractivity contribution in [3.8, 4) is 23.0 Å². The zero-order valence-electron chi connectivity index (χ0n) is 15.1. The number of ether oxygens (including phenoxy) is 4. The van der Waals surface area contributed by atoms with Gasteiger partial charge in [0, 0.05) is 10.8 Å². The molecule has 0 spiro atoms. The number of benzene rings is 3. The van der Waals surface area contributed by atoms with Crippen LogP contribution in [0.15, 0.2) is 30.3 Å². The van der Waals surface area contributed by atoms with Crippen LogP contribution in [0.4, 0.5) is 0 Å². The Morgan fingerprint density at radius 1 is 0.923 bits per heavy atom. The zero-order valence-corrected chi connectivity index (χ0v) is 15.1. The third-order valence-corrected chi connectivity index (χ3v) is 4.27. The topological polar surface area (TPSA) is 74.2 Å². The number of hydrogen-bond donors (Lipinski definition) is 1. The van der Waals surface area contributed by atoms with Gasteiger partial charge < -0.3 is 24.1 Å². The summed E-state index contributed by atoms with van der Waals surface area (Å²) in [5, 5.41) is 12.4. The number of hydrogen-bond acceptors (Lipinski definition) is 5. The Bertz CT molecular complexity index is 993. The number of rotatable bonds is 6. The molecule has 0 atom stereocenters. The average molecular weight is 356 g/mol. The highest BCUT2D eigenvalue weighted by molar-refractivity contribution is 6.18. The lowest BCUT2D eigenvalue weighted by Gasteiger charge is -2.17. The molecule has 0 aliphatic heterocycles. The smallest absolute Gasteiger partial charge is 0.336 e. The van der Waals surface area contributed by atoms with E-state index in [0.29, 0.717) is 40.4 Å². The Kier molecular flexibility index (Phi) is 4.75. The van der Waals surface area contributed by atoms with Gasteiger partial charge in [-0.2, -0.15) is 0 Å². The van der Waals surface area contributed by atoms with Gasteiger partial charge in [0.25, 0.3) is 0 Å². The van der Waals surface area contributed by atoms with Crippen molar-refractivity contribution >= 4 is 27.5 Å². The first-order valence-electron chi connectivity index (χ1n) is 8.11. The molecule has 6 nitrogen and oxygen atoms in total. The van der Waals surface area contributed by atoms with Crippen LogP contribution >= 0.6 is 0 Å². The van der Waals surface area contributed by atoms with Crippen molar-refractivity contribution in [2.75, 3.05) is 27.9 Å². The number of carboxylic acid groups (broad SMARTS) is 1. The van der Waals surface area contributed by atoms with E-state index >= 15 is 0 Å². The highest BCUT2D eigenvalue weighted by Crippen LogP contribution is 2.44. The minimum absolute atomic E-state index is 0.182. The summed E-state index contributed by atoms with van der Waals surface area (Å²) in [5.74, 6) is 1.11. The summed E-state index contributed by atoms with van der Waals surface area (Å²) in [5.41, 5.74) is 0.182. The molecule has 3 aromatic rings. The number of fused-ring (bicyclic) bond motifs is 3. The fourth-order valence-corrected chi connectivity index (χ4v) is 3.17. The molecule has 136 valence electrons. The summed E-state index contributed by atoms with van der Waals surface area (Å²) in [6, 6.07) is 8.66. The van der Waals surface area contributed by atoms with Crippen LogP contribution in [0.2, 0.25) is 0 Å². The van der Waals surface area contributed by atoms with Gasteiger partial charge in [-0.15, -0.1) is 0 Å². The van der Waals surface area contributed by atoms with Crippen LogP contribution in [0.5, 0.6) is 23.0 Å². The molecular weight excluding hydrogens is 336 g/mol. The van der Waals surface area contributed by atoms with Gasteiger partial charge in [-0.1, -0.05) is 6.07 Å². The predicted octanol–water partition coefficient (Wildman–Crippen LogP) is 4.12. The quantitative estimate of drug-likeness (QED) is 0.670. The number of methoxy groups -OCH3 is 3. The summed E-state index contributed by atoms with van der Waals surface area (Å²) >= 11 is 0. The maximum Gasteiger partial charge on any atom is 0.336 e. The van der Waals surface area contributed by atoms with E-state index in [1.807, 2.05) is 13.0 Å². The van der Waals surface area contributed by atoms with Gasteiger partial charge in [0.15, 0.2) is 23.0 Å². The second-order valence-electron chi connectivity index (χ2n) is 5.61. The van der Waals surface area contributed by atoms with Crippen LogP contribution < -0.4 is 18.9 Å².